The van der Waals surface area contributed by atoms with Crippen molar-refractivity contribution in [1.29, 1.82) is 5.41 Å². The van der Waals surface area contributed by atoms with Crippen LogP contribution in [0.4, 0.5) is 0 Å². The van der Waals surface area contributed by atoms with Crippen molar-refractivity contribution in [2.45, 2.75) is 12.5 Å². The Morgan fingerprint density at radius 3 is 2.72 bits per heavy atom. The molecule has 0 saturated heterocycles. The third kappa shape index (κ3) is 4.44. The van der Waals surface area contributed by atoms with Gasteiger partial charge in [0, 0.05) is 19.0 Å². The summed E-state index contributed by atoms with van der Waals surface area (Å²) in [6.07, 6.45) is -0.0964. The fourth-order valence-corrected chi connectivity index (χ4v) is 2.13. The van der Waals surface area contributed by atoms with Crippen molar-refractivity contribution in [3.8, 4) is 0 Å². The molecule has 1 amide bonds. The molecule has 0 aliphatic heterocycles. The summed E-state index contributed by atoms with van der Waals surface area (Å²) in [7, 11) is 0. The van der Waals surface area contributed by atoms with E-state index < -0.39 is 17.7 Å². The summed E-state index contributed by atoms with van der Waals surface area (Å²) < 4.78 is 0.511. The Balaban J connectivity index is 2.39. The molecule has 0 bridgehead atoms. The second-order valence-corrected chi connectivity index (χ2v) is 5.28. The molecule has 0 aromatic carbocycles. The van der Waals surface area contributed by atoms with Crippen LogP contribution in [0, 0.1) is 5.41 Å². The van der Waals surface area contributed by atoms with Crippen LogP contribution in [0.25, 0.3) is 0 Å². The van der Waals surface area contributed by atoms with Crippen molar-refractivity contribution in [2.24, 2.45) is 5.73 Å². The minimum absolute atomic E-state index is 0.0964. The van der Waals surface area contributed by atoms with Gasteiger partial charge in [-0.15, -0.1) is 11.3 Å². The summed E-state index contributed by atoms with van der Waals surface area (Å²) in [6.45, 7) is 0.101. The van der Waals surface area contributed by atoms with Gasteiger partial charge in [0.2, 0.25) is 0 Å². The number of halogens is 1. The maximum Gasteiger partial charge on any atom is 0.349 e. The van der Waals surface area contributed by atoms with Gasteiger partial charge in [-0.2, -0.15) is 0 Å². The normalized spacial score (nSPS) is 11.9. The van der Waals surface area contributed by atoms with E-state index in [1.54, 1.807) is 12.1 Å². The topological polar surface area (TPSA) is 116 Å². The van der Waals surface area contributed by atoms with E-state index in [0.717, 1.165) is 11.3 Å². The van der Waals surface area contributed by atoms with Crippen molar-refractivity contribution < 1.29 is 14.7 Å². The summed E-state index contributed by atoms with van der Waals surface area (Å²) in [5, 5.41) is 18.2. The number of carboxylic acids is 1. The third-order valence-corrected chi connectivity index (χ3v) is 3.28. The first kappa shape index (κ1) is 14.6. The molecule has 0 fully saturated rings. The molecule has 1 rings (SSSR count). The summed E-state index contributed by atoms with van der Waals surface area (Å²) in [5.74, 6) is -1.62. The first-order chi connectivity index (χ1) is 8.40. The van der Waals surface area contributed by atoms with Crippen LogP contribution in [0.2, 0.25) is 4.34 Å². The van der Waals surface area contributed by atoms with E-state index >= 15 is 0 Å². The molecule has 98 valence electrons. The van der Waals surface area contributed by atoms with Crippen molar-refractivity contribution >= 4 is 40.5 Å². The van der Waals surface area contributed by atoms with Crippen LogP contribution in [-0.2, 0) is 4.79 Å². The van der Waals surface area contributed by atoms with Gasteiger partial charge in [-0.25, -0.2) is 4.79 Å². The molecule has 0 spiro atoms. The van der Waals surface area contributed by atoms with E-state index in [2.05, 4.69) is 5.32 Å². The standard InChI is InChI=1S/C10H12ClN3O3S/c11-8-2-1-7(18-8)9(15)14-4-5(12)3-6(13)10(16)17/h1-2,5,13H,3-4,12H2,(H,14,15)(H,16,17)/t5-/m0/s1. The lowest BCUT2D eigenvalue weighted by molar-refractivity contribution is -0.129. The van der Waals surface area contributed by atoms with Gasteiger partial charge in [0.25, 0.3) is 5.91 Å². The highest BCUT2D eigenvalue weighted by Gasteiger charge is 2.14. The second-order valence-electron chi connectivity index (χ2n) is 3.56. The first-order valence-electron chi connectivity index (χ1n) is 5.00. The van der Waals surface area contributed by atoms with Gasteiger partial charge in [-0.3, -0.25) is 10.2 Å². The lowest BCUT2D eigenvalue weighted by Gasteiger charge is -2.11. The first-order valence-corrected chi connectivity index (χ1v) is 6.19. The number of nitrogens with two attached hydrogens (primary N) is 1. The lowest BCUT2D eigenvalue weighted by Crippen LogP contribution is -2.39. The van der Waals surface area contributed by atoms with Crippen LogP contribution in [-0.4, -0.2) is 35.3 Å². The van der Waals surface area contributed by atoms with Crippen molar-refractivity contribution in [3.63, 3.8) is 0 Å². The largest absolute Gasteiger partial charge is 0.477 e. The van der Waals surface area contributed by atoms with E-state index in [0.29, 0.717) is 9.21 Å². The number of carbonyl (C=O) groups excluding carboxylic acids is 1. The predicted molar refractivity (Wildman–Crippen MR) is 69.6 cm³/mol. The zero-order valence-corrected chi connectivity index (χ0v) is 10.8. The number of aliphatic carboxylic acids is 1. The zero-order valence-electron chi connectivity index (χ0n) is 9.27. The SMILES string of the molecule is N=C(C[C@H](N)CNC(=O)c1ccc(Cl)s1)C(=O)O. The van der Waals surface area contributed by atoms with Crippen LogP contribution < -0.4 is 11.1 Å². The number of nitrogens with one attached hydrogen (secondary N) is 2. The Kier molecular flexibility index (Phi) is 5.26. The van der Waals surface area contributed by atoms with Crippen LogP contribution in [0.1, 0.15) is 16.1 Å². The van der Waals surface area contributed by atoms with Gasteiger partial charge in [0.15, 0.2) is 0 Å². The fraction of sp³-hybridized carbons (Fsp3) is 0.300. The fourth-order valence-electron chi connectivity index (χ4n) is 1.17. The van der Waals surface area contributed by atoms with Crippen LogP contribution in [0.5, 0.6) is 0 Å². The molecular weight excluding hydrogens is 278 g/mol. The average molecular weight is 290 g/mol. The number of carboxylic acid groups (broad SMARTS) is 1. The Bertz CT molecular complexity index is 475. The molecule has 1 heterocycles. The highest BCUT2D eigenvalue weighted by atomic mass is 35.5. The van der Waals surface area contributed by atoms with Crippen LogP contribution in [0.15, 0.2) is 12.1 Å². The van der Waals surface area contributed by atoms with Gasteiger partial charge in [0.05, 0.1) is 9.21 Å². The molecule has 5 N–H and O–H groups in total. The molecule has 1 aromatic rings. The number of hydrogen-bond acceptors (Lipinski definition) is 5. The van der Waals surface area contributed by atoms with Crippen molar-refractivity contribution in [3.05, 3.63) is 21.3 Å². The summed E-state index contributed by atoms with van der Waals surface area (Å²) in [5.41, 5.74) is 5.13. The molecule has 0 aliphatic carbocycles. The Hall–Kier alpha value is -1.44. The smallest absolute Gasteiger partial charge is 0.349 e. The third-order valence-electron chi connectivity index (χ3n) is 2.05. The number of carbonyl (C=O) groups is 2. The quantitative estimate of drug-likeness (QED) is 0.583. The minimum atomic E-state index is -1.30. The molecule has 6 nitrogen and oxygen atoms in total. The van der Waals surface area contributed by atoms with E-state index in [4.69, 9.17) is 27.9 Å². The maximum atomic E-state index is 11.6. The molecule has 0 unspecified atom stereocenters. The van der Waals surface area contributed by atoms with E-state index in [1.165, 1.54) is 0 Å². The van der Waals surface area contributed by atoms with Crippen LogP contribution >= 0.6 is 22.9 Å². The molecule has 1 aromatic heterocycles. The molecule has 18 heavy (non-hydrogen) atoms. The van der Waals surface area contributed by atoms with Gasteiger partial charge in [-0.1, -0.05) is 11.6 Å². The highest BCUT2D eigenvalue weighted by Crippen LogP contribution is 2.20. The molecule has 1 atom stereocenters. The van der Waals surface area contributed by atoms with Crippen LogP contribution in [0.3, 0.4) is 0 Å². The summed E-state index contributed by atoms with van der Waals surface area (Å²) in [4.78, 5) is 22.5. The molecule has 0 saturated carbocycles. The second kappa shape index (κ2) is 6.48. The predicted octanol–water partition coefficient (Wildman–Crippen LogP) is 0.953. The molecule has 0 radical (unpaired) electrons. The Labute approximate surface area is 112 Å². The Morgan fingerprint density at radius 1 is 1.56 bits per heavy atom. The summed E-state index contributed by atoms with van der Waals surface area (Å²) >= 11 is 6.83. The van der Waals surface area contributed by atoms with Gasteiger partial charge >= 0.3 is 5.97 Å². The lowest BCUT2D eigenvalue weighted by atomic mass is 10.1. The van der Waals surface area contributed by atoms with Crippen molar-refractivity contribution in [1.82, 2.24) is 5.32 Å². The number of amides is 1. The number of rotatable bonds is 6. The Morgan fingerprint density at radius 2 is 2.22 bits per heavy atom. The van der Waals surface area contributed by atoms with Crippen molar-refractivity contribution in [2.75, 3.05) is 6.54 Å². The summed E-state index contributed by atoms with van der Waals surface area (Å²) in [6, 6.07) is 2.60. The number of thiophene rings is 1. The molecule has 0 aliphatic rings. The zero-order chi connectivity index (χ0) is 13.7. The van der Waals surface area contributed by atoms with Gasteiger partial charge < -0.3 is 16.2 Å². The maximum absolute atomic E-state index is 11.6. The van der Waals surface area contributed by atoms with E-state index in [1.807, 2.05) is 0 Å². The van der Waals surface area contributed by atoms with Gasteiger partial charge in [0.1, 0.15) is 5.71 Å². The average Bonchev–Trinajstić information content (AvgIpc) is 2.72. The minimum Gasteiger partial charge on any atom is -0.477 e. The van der Waals surface area contributed by atoms with E-state index in [-0.39, 0.29) is 18.9 Å². The monoisotopic (exact) mass is 289 g/mol. The molecule has 8 heteroatoms. The highest BCUT2D eigenvalue weighted by molar-refractivity contribution is 7.17. The van der Waals surface area contributed by atoms with E-state index in [9.17, 15) is 9.59 Å². The number of hydrogen-bond donors (Lipinski definition) is 4. The molecular formula is C10H12ClN3O3S. The van der Waals surface area contributed by atoms with Gasteiger partial charge in [-0.05, 0) is 12.1 Å².